The zero-order chi connectivity index (χ0) is 14.1. The van der Waals surface area contributed by atoms with Crippen LogP contribution in [0.5, 0.6) is 5.75 Å². The molecule has 20 heavy (non-hydrogen) atoms. The molecule has 3 rings (SSSR count). The lowest BCUT2D eigenvalue weighted by atomic mass is 10.1. The van der Waals surface area contributed by atoms with Crippen LogP contribution in [0.1, 0.15) is 0 Å². The number of H-pyrrole nitrogens is 1. The third-order valence-electron chi connectivity index (χ3n) is 3.06. The summed E-state index contributed by atoms with van der Waals surface area (Å²) in [4.78, 5) is 18.4. The molecule has 0 bridgehead atoms. The van der Waals surface area contributed by atoms with Gasteiger partial charge in [-0.3, -0.25) is 0 Å². The van der Waals surface area contributed by atoms with E-state index in [2.05, 4.69) is 9.97 Å². The molecule has 0 saturated carbocycles. The first-order valence-electron chi connectivity index (χ1n) is 6.01. The van der Waals surface area contributed by atoms with Gasteiger partial charge in [0.25, 0.3) is 0 Å². The number of rotatable bonds is 2. The summed E-state index contributed by atoms with van der Waals surface area (Å²) in [7, 11) is 1.61. The Kier molecular flexibility index (Phi) is 3.16. The molecular weight excluding hydrogens is 276 g/mol. The minimum Gasteiger partial charge on any atom is -0.497 e. The van der Waals surface area contributed by atoms with Gasteiger partial charge in [-0.15, -0.1) is 0 Å². The van der Waals surface area contributed by atoms with E-state index in [1.54, 1.807) is 25.3 Å². The maximum atomic E-state index is 11.7. The van der Waals surface area contributed by atoms with Crippen molar-refractivity contribution in [1.29, 1.82) is 0 Å². The average Bonchev–Trinajstić information content (AvgIpc) is 2.47. The normalized spacial score (nSPS) is 10.7. The van der Waals surface area contributed by atoms with E-state index < -0.39 is 0 Å². The second-order valence-electron chi connectivity index (χ2n) is 4.31. The maximum absolute atomic E-state index is 11.7. The summed E-state index contributed by atoms with van der Waals surface area (Å²) in [6.07, 6.45) is 0. The predicted octanol–water partition coefficient (Wildman–Crippen LogP) is 3.25. The van der Waals surface area contributed by atoms with Crippen LogP contribution in [-0.2, 0) is 0 Å². The van der Waals surface area contributed by atoms with Crippen LogP contribution in [0.25, 0.3) is 22.2 Å². The number of hydrogen-bond acceptors (Lipinski definition) is 3. The van der Waals surface area contributed by atoms with Gasteiger partial charge < -0.3 is 9.72 Å². The molecule has 1 aromatic heterocycles. The summed E-state index contributed by atoms with van der Waals surface area (Å²) in [6, 6.07) is 12.7. The molecule has 0 aliphatic heterocycles. The highest BCUT2D eigenvalue weighted by Crippen LogP contribution is 2.27. The number of hydrogen-bond donors (Lipinski definition) is 1. The van der Waals surface area contributed by atoms with Gasteiger partial charge in [0.05, 0.1) is 18.3 Å². The Morgan fingerprint density at radius 2 is 1.90 bits per heavy atom. The van der Waals surface area contributed by atoms with Gasteiger partial charge in [-0.1, -0.05) is 11.6 Å². The van der Waals surface area contributed by atoms with Crippen molar-refractivity contribution in [3.8, 4) is 17.0 Å². The molecule has 0 saturated heterocycles. The zero-order valence-corrected chi connectivity index (χ0v) is 11.4. The van der Waals surface area contributed by atoms with E-state index in [0.29, 0.717) is 16.2 Å². The van der Waals surface area contributed by atoms with Crippen molar-refractivity contribution in [2.45, 2.75) is 0 Å². The highest BCUT2D eigenvalue weighted by atomic mass is 35.5. The predicted molar refractivity (Wildman–Crippen MR) is 79.4 cm³/mol. The molecule has 0 unspecified atom stereocenters. The average molecular weight is 287 g/mol. The Balaban J connectivity index is 2.28. The number of fused-ring (bicyclic) bond motifs is 1. The Labute approximate surface area is 120 Å². The topological polar surface area (TPSA) is 55.0 Å². The lowest BCUT2D eigenvalue weighted by Gasteiger charge is -2.06. The molecule has 4 nitrogen and oxygen atoms in total. The number of aromatic amines is 1. The molecule has 0 aliphatic carbocycles. The van der Waals surface area contributed by atoms with E-state index in [1.807, 2.05) is 24.3 Å². The van der Waals surface area contributed by atoms with Crippen molar-refractivity contribution in [2.75, 3.05) is 7.11 Å². The van der Waals surface area contributed by atoms with E-state index >= 15 is 0 Å². The SMILES string of the molecule is COc1ccc(-c2nc(=O)[nH]c3ccc(Cl)cc23)cc1. The Morgan fingerprint density at radius 1 is 1.15 bits per heavy atom. The largest absolute Gasteiger partial charge is 0.497 e. The van der Waals surface area contributed by atoms with Gasteiger partial charge in [0.15, 0.2) is 0 Å². The van der Waals surface area contributed by atoms with E-state index in [-0.39, 0.29) is 5.69 Å². The van der Waals surface area contributed by atoms with Crippen LogP contribution in [0, 0.1) is 0 Å². The van der Waals surface area contributed by atoms with Gasteiger partial charge in [-0.25, -0.2) is 4.79 Å². The molecule has 0 fully saturated rings. The van der Waals surface area contributed by atoms with Crippen LogP contribution in [0.15, 0.2) is 47.3 Å². The number of nitrogens with zero attached hydrogens (tertiary/aromatic N) is 1. The first-order chi connectivity index (χ1) is 9.67. The molecular formula is C15H11ClN2O2. The second kappa shape index (κ2) is 4.98. The van der Waals surface area contributed by atoms with Crippen LogP contribution >= 0.6 is 11.6 Å². The highest BCUT2D eigenvalue weighted by molar-refractivity contribution is 6.31. The monoisotopic (exact) mass is 286 g/mol. The van der Waals surface area contributed by atoms with Crippen LogP contribution in [-0.4, -0.2) is 17.1 Å². The van der Waals surface area contributed by atoms with Crippen LogP contribution in [0.2, 0.25) is 5.02 Å². The fourth-order valence-corrected chi connectivity index (χ4v) is 2.27. The molecule has 1 N–H and O–H groups in total. The fourth-order valence-electron chi connectivity index (χ4n) is 2.10. The van der Waals surface area contributed by atoms with Gasteiger partial charge in [-0.05, 0) is 42.5 Å². The smallest absolute Gasteiger partial charge is 0.345 e. The summed E-state index contributed by atoms with van der Waals surface area (Å²) in [6.45, 7) is 0. The van der Waals surface area contributed by atoms with Gasteiger partial charge in [-0.2, -0.15) is 4.98 Å². The summed E-state index contributed by atoms with van der Waals surface area (Å²) < 4.78 is 5.13. The molecule has 5 heteroatoms. The van der Waals surface area contributed by atoms with E-state index in [0.717, 1.165) is 16.7 Å². The third kappa shape index (κ3) is 2.26. The van der Waals surface area contributed by atoms with Gasteiger partial charge in [0, 0.05) is 16.0 Å². The summed E-state index contributed by atoms with van der Waals surface area (Å²) >= 11 is 6.03. The summed E-state index contributed by atoms with van der Waals surface area (Å²) in [5.41, 5.74) is 1.77. The standard InChI is InChI=1S/C15H11ClN2O2/c1-20-11-5-2-9(3-6-11)14-12-8-10(16)4-7-13(12)17-15(19)18-14/h2-8H,1H3,(H,17,18,19). The molecule has 0 spiro atoms. The Morgan fingerprint density at radius 3 is 2.60 bits per heavy atom. The van der Waals surface area contributed by atoms with Crippen molar-refractivity contribution >= 4 is 22.5 Å². The number of ether oxygens (including phenoxy) is 1. The van der Waals surface area contributed by atoms with E-state index in [4.69, 9.17) is 16.3 Å². The highest BCUT2D eigenvalue weighted by Gasteiger charge is 2.08. The lowest BCUT2D eigenvalue weighted by molar-refractivity contribution is 0.415. The maximum Gasteiger partial charge on any atom is 0.345 e. The number of halogens is 1. The summed E-state index contributed by atoms with van der Waals surface area (Å²) in [5.74, 6) is 0.751. The second-order valence-corrected chi connectivity index (χ2v) is 4.75. The van der Waals surface area contributed by atoms with Crippen LogP contribution in [0.3, 0.4) is 0 Å². The first-order valence-corrected chi connectivity index (χ1v) is 6.39. The van der Waals surface area contributed by atoms with Gasteiger partial charge in [0.2, 0.25) is 0 Å². The number of aromatic nitrogens is 2. The van der Waals surface area contributed by atoms with Crippen molar-refractivity contribution < 1.29 is 4.74 Å². The third-order valence-corrected chi connectivity index (χ3v) is 3.29. The molecule has 0 amide bonds. The molecule has 3 aromatic rings. The van der Waals surface area contributed by atoms with Crippen molar-refractivity contribution in [1.82, 2.24) is 9.97 Å². The minimum absolute atomic E-state index is 0.384. The molecule has 0 radical (unpaired) electrons. The minimum atomic E-state index is -0.384. The van der Waals surface area contributed by atoms with Crippen molar-refractivity contribution in [3.05, 3.63) is 58.0 Å². The van der Waals surface area contributed by atoms with Gasteiger partial charge in [0.1, 0.15) is 5.75 Å². The molecule has 100 valence electrons. The number of methoxy groups -OCH3 is 1. The first kappa shape index (κ1) is 12.7. The van der Waals surface area contributed by atoms with Gasteiger partial charge >= 0.3 is 5.69 Å². The van der Waals surface area contributed by atoms with Crippen molar-refractivity contribution in [3.63, 3.8) is 0 Å². The fraction of sp³-hybridized carbons (Fsp3) is 0.0667. The molecule has 1 heterocycles. The van der Waals surface area contributed by atoms with Crippen LogP contribution < -0.4 is 10.4 Å². The quantitative estimate of drug-likeness (QED) is 0.787. The molecule has 0 aliphatic rings. The number of nitrogens with one attached hydrogen (secondary N) is 1. The molecule has 2 aromatic carbocycles. The van der Waals surface area contributed by atoms with E-state index in [9.17, 15) is 4.79 Å². The Bertz CT molecular complexity index is 825. The molecule has 0 atom stereocenters. The van der Waals surface area contributed by atoms with Crippen LogP contribution in [0.4, 0.5) is 0 Å². The van der Waals surface area contributed by atoms with Crippen molar-refractivity contribution in [2.24, 2.45) is 0 Å². The lowest BCUT2D eigenvalue weighted by Crippen LogP contribution is -2.11. The number of benzene rings is 2. The zero-order valence-electron chi connectivity index (χ0n) is 10.7. The van der Waals surface area contributed by atoms with E-state index in [1.165, 1.54) is 0 Å². The summed E-state index contributed by atoms with van der Waals surface area (Å²) in [5, 5.41) is 1.41. The Hall–Kier alpha value is -2.33.